The summed E-state index contributed by atoms with van der Waals surface area (Å²) in [6, 6.07) is 15.5. The lowest BCUT2D eigenvalue weighted by Gasteiger charge is -2.15. The molecule has 0 aliphatic rings. The summed E-state index contributed by atoms with van der Waals surface area (Å²) in [5.74, 6) is -2.66. The molecule has 0 fully saturated rings. The number of hydrogen-bond donors (Lipinski definition) is 1. The van der Waals surface area contributed by atoms with Gasteiger partial charge in [-0.1, -0.05) is 48.5 Å². The maximum atomic E-state index is 12.5. The number of carbonyl (C=O) groups is 3. The van der Waals surface area contributed by atoms with E-state index in [1.54, 1.807) is 55.5 Å². The van der Waals surface area contributed by atoms with Crippen molar-refractivity contribution < 1.29 is 24.2 Å². The average molecular weight is 326 g/mol. The number of carbonyl (C=O) groups excluding carboxylic acids is 2. The van der Waals surface area contributed by atoms with Crippen molar-refractivity contribution in [1.29, 1.82) is 0 Å². The molecule has 2 rings (SSSR count). The van der Waals surface area contributed by atoms with Gasteiger partial charge in [0.1, 0.15) is 0 Å². The Morgan fingerprint density at radius 3 is 2.17 bits per heavy atom. The predicted octanol–water partition coefficient (Wildman–Crippen LogP) is 3.04. The highest BCUT2D eigenvalue weighted by Crippen LogP contribution is 2.20. The van der Waals surface area contributed by atoms with Gasteiger partial charge in [-0.05, 0) is 25.5 Å². The largest absolute Gasteiger partial charge is 0.479 e. The Kier molecular flexibility index (Phi) is 5.47. The zero-order chi connectivity index (χ0) is 17.7. The first kappa shape index (κ1) is 17.4. The Balaban J connectivity index is 2.19. The first-order valence-corrected chi connectivity index (χ1v) is 7.53. The molecule has 0 heterocycles. The van der Waals surface area contributed by atoms with Crippen molar-refractivity contribution in [2.75, 3.05) is 0 Å². The van der Waals surface area contributed by atoms with Gasteiger partial charge in [-0.2, -0.15) is 0 Å². The zero-order valence-corrected chi connectivity index (χ0v) is 13.4. The van der Waals surface area contributed by atoms with Gasteiger partial charge in [-0.15, -0.1) is 0 Å². The molecule has 0 bridgehead atoms. The van der Waals surface area contributed by atoms with Crippen LogP contribution in [0.25, 0.3) is 0 Å². The van der Waals surface area contributed by atoms with E-state index in [-0.39, 0.29) is 5.78 Å². The summed E-state index contributed by atoms with van der Waals surface area (Å²) in [7, 11) is 0. The summed E-state index contributed by atoms with van der Waals surface area (Å²) in [6.45, 7) is 2.91. The molecular formula is C19H18O5. The minimum absolute atomic E-state index is 0.142. The van der Waals surface area contributed by atoms with E-state index in [2.05, 4.69) is 0 Å². The smallest absolute Gasteiger partial charge is 0.344 e. The fourth-order valence-corrected chi connectivity index (χ4v) is 2.17. The molecule has 0 aromatic heterocycles. The Bertz CT molecular complexity index is 751. The van der Waals surface area contributed by atoms with Gasteiger partial charge in [-0.3, -0.25) is 9.59 Å². The van der Waals surface area contributed by atoms with Crippen LogP contribution in [0.5, 0.6) is 0 Å². The molecule has 124 valence electrons. The van der Waals surface area contributed by atoms with E-state index >= 15 is 0 Å². The molecule has 2 aromatic carbocycles. The molecule has 5 nitrogen and oxygen atoms in total. The van der Waals surface area contributed by atoms with Gasteiger partial charge in [0.25, 0.3) is 0 Å². The molecule has 0 radical (unpaired) electrons. The first-order chi connectivity index (χ1) is 11.4. The normalized spacial score (nSPS) is 12.9. The molecule has 2 aromatic rings. The monoisotopic (exact) mass is 326 g/mol. The van der Waals surface area contributed by atoms with Gasteiger partial charge < -0.3 is 9.84 Å². The van der Waals surface area contributed by atoms with Gasteiger partial charge in [0, 0.05) is 11.1 Å². The van der Waals surface area contributed by atoms with Crippen LogP contribution in [0, 0.1) is 0 Å². The Morgan fingerprint density at radius 1 is 0.917 bits per heavy atom. The zero-order valence-electron chi connectivity index (χ0n) is 13.4. The Morgan fingerprint density at radius 2 is 1.54 bits per heavy atom. The maximum Gasteiger partial charge on any atom is 0.344 e. The second-order valence-electron chi connectivity index (χ2n) is 5.46. The molecule has 2 atom stereocenters. The van der Waals surface area contributed by atoms with Crippen molar-refractivity contribution in [2.45, 2.75) is 25.9 Å². The topological polar surface area (TPSA) is 80.7 Å². The number of carboxylic acid groups (broad SMARTS) is 1. The quantitative estimate of drug-likeness (QED) is 0.652. The predicted molar refractivity (Wildman–Crippen MR) is 87.9 cm³/mol. The van der Waals surface area contributed by atoms with Crippen molar-refractivity contribution in [3.05, 3.63) is 71.3 Å². The molecule has 0 unspecified atom stereocenters. The SMILES string of the molecule is C[C@@H](OC(=O)[C@H](C)c1cccc(C(=O)c2ccccc2)c1)C(=O)O. The van der Waals surface area contributed by atoms with Gasteiger partial charge in [0.05, 0.1) is 5.92 Å². The summed E-state index contributed by atoms with van der Waals surface area (Å²) < 4.78 is 4.89. The van der Waals surface area contributed by atoms with Crippen LogP contribution in [0.2, 0.25) is 0 Å². The van der Waals surface area contributed by atoms with Crippen LogP contribution < -0.4 is 0 Å². The molecular weight excluding hydrogens is 308 g/mol. The van der Waals surface area contributed by atoms with Gasteiger partial charge in [0.2, 0.25) is 0 Å². The second kappa shape index (κ2) is 7.55. The number of hydrogen-bond acceptors (Lipinski definition) is 4. The molecule has 0 aliphatic heterocycles. The maximum absolute atomic E-state index is 12.5. The molecule has 0 aliphatic carbocycles. The standard InChI is InChI=1S/C19H18O5/c1-12(19(23)24-13(2)18(21)22)15-9-6-10-16(11-15)17(20)14-7-4-3-5-8-14/h3-13H,1-2H3,(H,21,22)/t12-,13-/m1/s1. The molecule has 1 N–H and O–H groups in total. The molecule has 24 heavy (non-hydrogen) atoms. The van der Waals surface area contributed by atoms with E-state index in [9.17, 15) is 14.4 Å². The molecule has 0 spiro atoms. The highest BCUT2D eigenvalue weighted by Gasteiger charge is 2.23. The van der Waals surface area contributed by atoms with Crippen LogP contribution in [-0.2, 0) is 14.3 Å². The highest BCUT2D eigenvalue weighted by atomic mass is 16.6. The van der Waals surface area contributed by atoms with Crippen molar-refractivity contribution in [2.24, 2.45) is 0 Å². The summed E-state index contributed by atoms with van der Waals surface area (Å²) in [4.78, 5) is 35.3. The van der Waals surface area contributed by atoms with Crippen LogP contribution in [-0.4, -0.2) is 28.9 Å². The Labute approximate surface area is 139 Å². The summed E-state index contributed by atoms with van der Waals surface area (Å²) in [5, 5.41) is 8.80. The van der Waals surface area contributed by atoms with Crippen LogP contribution >= 0.6 is 0 Å². The van der Waals surface area contributed by atoms with E-state index in [0.29, 0.717) is 16.7 Å². The van der Waals surface area contributed by atoms with Crippen molar-refractivity contribution in [3.8, 4) is 0 Å². The third-order valence-electron chi connectivity index (χ3n) is 3.68. The van der Waals surface area contributed by atoms with E-state index in [1.807, 2.05) is 6.07 Å². The summed E-state index contributed by atoms with van der Waals surface area (Å²) in [5.41, 5.74) is 1.62. The number of carboxylic acids is 1. The van der Waals surface area contributed by atoms with Gasteiger partial charge in [-0.25, -0.2) is 4.79 Å². The van der Waals surface area contributed by atoms with Crippen LogP contribution in [0.4, 0.5) is 0 Å². The summed E-state index contributed by atoms with van der Waals surface area (Å²) >= 11 is 0. The van der Waals surface area contributed by atoms with Crippen LogP contribution in [0.1, 0.15) is 41.3 Å². The van der Waals surface area contributed by atoms with Crippen LogP contribution in [0.3, 0.4) is 0 Å². The van der Waals surface area contributed by atoms with Gasteiger partial charge in [0.15, 0.2) is 11.9 Å². The Hall–Kier alpha value is -2.95. The molecule has 0 saturated heterocycles. The number of ether oxygens (including phenoxy) is 1. The lowest BCUT2D eigenvalue weighted by molar-refractivity contribution is -0.163. The van der Waals surface area contributed by atoms with Crippen LogP contribution in [0.15, 0.2) is 54.6 Å². The lowest BCUT2D eigenvalue weighted by atomic mass is 9.96. The van der Waals surface area contributed by atoms with E-state index in [0.717, 1.165) is 0 Å². The average Bonchev–Trinajstić information content (AvgIpc) is 2.61. The van der Waals surface area contributed by atoms with Crippen molar-refractivity contribution in [3.63, 3.8) is 0 Å². The fourth-order valence-electron chi connectivity index (χ4n) is 2.17. The number of esters is 1. The van der Waals surface area contributed by atoms with E-state index < -0.39 is 24.0 Å². The summed E-state index contributed by atoms with van der Waals surface area (Å²) in [6.07, 6.45) is -1.21. The highest BCUT2D eigenvalue weighted by molar-refractivity contribution is 6.09. The molecule has 0 saturated carbocycles. The lowest BCUT2D eigenvalue weighted by Crippen LogP contribution is -2.26. The van der Waals surface area contributed by atoms with E-state index in [1.165, 1.54) is 6.92 Å². The first-order valence-electron chi connectivity index (χ1n) is 7.53. The van der Waals surface area contributed by atoms with Crippen molar-refractivity contribution in [1.82, 2.24) is 0 Å². The molecule has 5 heteroatoms. The minimum Gasteiger partial charge on any atom is -0.479 e. The fraction of sp³-hybridized carbons (Fsp3) is 0.211. The van der Waals surface area contributed by atoms with Crippen molar-refractivity contribution >= 4 is 17.7 Å². The van der Waals surface area contributed by atoms with Gasteiger partial charge >= 0.3 is 11.9 Å². The third-order valence-corrected chi connectivity index (χ3v) is 3.68. The second-order valence-corrected chi connectivity index (χ2v) is 5.46. The number of benzene rings is 2. The van der Waals surface area contributed by atoms with E-state index in [4.69, 9.17) is 9.84 Å². The number of ketones is 1. The number of rotatable bonds is 6. The molecule has 0 amide bonds. The number of aliphatic carboxylic acids is 1. The third kappa shape index (κ3) is 4.07. The minimum atomic E-state index is -1.21.